The highest BCUT2D eigenvalue weighted by Crippen LogP contribution is 2.13. The number of hydrogen-bond donors (Lipinski definition) is 0. The minimum Gasteiger partial charge on any atom is -0.378 e. The Kier molecular flexibility index (Phi) is 4.74. The third kappa shape index (κ3) is 4.63. The van der Waals surface area contributed by atoms with Gasteiger partial charge in [-0.1, -0.05) is 13.8 Å². The topological polar surface area (TPSA) is 12.5 Å². The Morgan fingerprint density at radius 2 is 1.92 bits per heavy atom. The molecule has 0 saturated carbocycles. The maximum atomic E-state index is 5.82. The van der Waals surface area contributed by atoms with Gasteiger partial charge in [0.15, 0.2) is 0 Å². The fourth-order valence-electron chi connectivity index (χ4n) is 1.62. The molecule has 0 aromatic carbocycles. The van der Waals surface area contributed by atoms with E-state index in [1.807, 2.05) is 0 Å². The Labute approximate surface area is 82.3 Å². The number of piperidine rings is 1. The van der Waals surface area contributed by atoms with Crippen LogP contribution in [0, 0.1) is 5.92 Å². The van der Waals surface area contributed by atoms with E-state index in [1.165, 1.54) is 32.4 Å². The summed E-state index contributed by atoms with van der Waals surface area (Å²) in [5.41, 5.74) is 0. The fourth-order valence-corrected chi connectivity index (χ4v) is 1.62. The zero-order valence-electron chi connectivity index (χ0n) is 9.25. The van der Waals surface area contributed by atoms with Crippen molar-refractivity contribution >= 4 is 0 Å². The Balaban J connectivity index is 2.02. The maximum absolute atomic E-state index is 5.82. The molecule has 1 heterocycles. The molecule has 0 aromatic rings. The van der Waals surface area contributed by atoms with Gasteiger partial charge in [-0.25, -0.2) is 0 Å². The van der Waals surface area contributed by atoms with Gasteiger partial charge in [-0.05, 0) is 32.2 Å². The lowest BCUT2D eigenvalue weighted by Gasteiger charge is -2.29. The van der Waals surface area contributed by atoms with Gasteiger partial charge in [-0.2, -0.15) is 0 Å². The van der Waals surface area contributed by atoms with Crippen LogP contribution in [0.3, 0.4) is 0 Å². The molecule has 0 unspecified atom stereocenters. The summed E-state index contributed by atoms with van der Waals surface area (Å²) in [5.74, 6) is 0.770. The van der Waals surface area contributed by atoms with Gasteiger partial charge in [0.1, 0.15) is 0 Å². The molecule has 0 aromatic heterocycles. The highest BCUT2D eigenvalue weighted by atomic mass is 16.5. The first-order valence-electron chi connectivity index (χ1n) is 5.48. The molecule has 0 atom stereocenters. The number of ether oxygens (including phenoxy) is 1. The van der Waals surface area contributed by atoms with Crippen molar-refractivity contribution in [3.63, 3.8) is 0 Å². The number of nitrogens with zero attached hydrogens (tertiary/aromatic N) is 1. The van der Waals surface area contributed by atoms with Gasteiger partial charge in [0.05, 0.1) is 6.10 Å². The SMILES string of the molecule is CC(C)CCOC1CCN(C)CC1. The van der Waals surface area contributed by atoms with Crippen LogP contribution in [-0.4, -0.2) is 37.7 Å². The summed E-state index contributed by atoms with van der Waals surface area (Å²) >= 11 is 0. The molecule has 1 aliphatic rings. The van der Waals surface area contributed by atoms with Crippen molar-refractivity contribution in [1.82, 2.24) is 4.90 Å². The van der Waals surface area contributed by atoms with Gasteiger partial charge in [-0.3, -0.25) is 0 Å². The zero-order chi connectivity index (χ0) is 9.68. The Hall–Kier alpha value is -0.0800. The van der Waals surface area contributed by atoms with Crippen LogP contribution in [0.25, 0.3) is 0 Å². The summed E-state index contributed by atoms with van der Waals surface area (Å²) in [4.78, 5) is 2.38. The highest BCUT2D eigenvalue weighted by Gasteiger charge is 2.16. The van der Waals surface area contributed by atoms with Crippen LogP contribution in [0.2, 0.25) is 0 Å². The van der Waals surface area contributed by atoms with E-state index in [4.69, 9.17) is 4.74 Å². The summed E-state index contributed by atoms with van der Waals surface area (Å²) in [6.45, 7) is 7.85. The first-order valence-corrected chi connectivity index (χ1v) is 5.48. The van der Waals surface area contributed by atoms with E-state index in [2.05, 4.69) is 25.8 Å². The lowest BCUT2D eigenvalue weighted by atomic mass is 10.1. The average Bonchev–Trinajstić information content (AvgIpc) is 2.08. The van der Waals surface area contributed by atoms with Crippen molar-refractivity contribution in [3.05, 3.63) is 0 Å². The molecular weight excluding hydrogens is 162 g/mol. The van der Waals surface area contributed by atoms with Crippen molar-refractivity contribution in [1.29, 1.82) is 0 Å². The first-order chi connectivity index (χ1) is 6.18. The quantitative estimate of drug-likeness (QED) is 0.665. The molecule has 0 spiro atoms. The van der Waals surface area contributed by atoms with Gasteiger partial charge in [0, 0.05) is 19.7 Å². The third-order valence-electron chi connectivity index (χ3n) is 2.71. The maximum Gasteiger partial charge on any atom is 0.0599 e. The van der Waals surface area contributed by atoms with Crippen molar-refractivity contribution in [2.75, 3.05) is 26.7 Å². The van der Waals surface area contributed by atoms with Crippen LogP contribution in [0.5, 0.6) is 0 Å². The first kappa shape index (κ1) is 11.0. The van der Waals surface area contributed by atoms with Crippen molar-refractivity contribution in [2.45, 2.75) is 39.2 Å². The minimum absolute atomic E-state index is 0.537. The van der Waals surface area contributed by atoms with Crippen molar-refractivity contribution in [2.24, 2.45) is 5.92 Å². The lowest BCUT2D eigenvalue weighted by Crippen LogP contribution is -2.34. The summed E-state index contributed by atoms with van der Waals surface area (Å²) in [7, 11) is 2.18. The van der Waals surface area contributed by atoms with Crippen molar-refractivity contribution in [3.8, 4) is 0 Å². The van der Waals surface area contributed by atoms with Crippen molar-refractivity contribution < 1.29 is 4.74 Å². The molecular formula is C11H23NO. The molecule has 1 aliphatic heterocycles. The third-order valence-corrected chi connectivity index (χ3v) is 2.71. The largest absolute Gasteiger partial charge is 0.378 e. The van der Waals surface area contributed by atoms with Gasteiger partial charge in [0.25, 0.3) is 0 Å². The number of hydrogen-bond acceptors (Lipinski definition) is 2. The lowest BCUT2D eigenvalue weighted by molar-refractivity contribution is 0.00796. The monoisotopic (exact) mass is 185 g/mol. The molecule has 2 heteroatoms. The minimum atomic E-state index is 0.537. The summed E-state index contributed by atoms with van der Waals surface area (Å²) in [6, 6.07) is 0. The average molecular weight is 185 g/mol. The molecule has 78 valence electrons. The second-order valence-corrected chi connectivity index (χ2v) is 4.56. The second-order valence-electron chi connectivity index (χ2n) is 4.56. The molecule has 13 heavy (non-hydrogen) atoms. The van der Waals surface area contributed by atoms with Crippen LogP contribution in [0.1, 0.15) is 33.1 Å². The molecule has 0 amide bonds. The van der Waals surface area contributed by atoms with Gasteiger partial charge >= 0.3 is 0 Å². The van der Waals surface area contributed by atoms with Crippen LogP contribution in [-0.2, 0) is 4.74 Å². The standard InChI is InChI=1S/C11H23NO/c1-10(2)6-9-13-11-4-7-12(3)8-5-11/h10-11H,4-9H2,1-3H3. The zero-order valence-corrected chi connectivity index (χ0v) is 9.25. The van der Waals surface area contributed by atoms with E-state index >= 15 is 0 Å². The molecule has 0 N–H and O–H groups in total. The van der Waals surface area contributed by atoms with Gasteiger partial charge < -0.3 is 9.64 Å². The van der Waals surface area contributed by atoms with Crippen LogP contribution in [0.15, 0.2) is 0 Å². The normalized spacial score (nSPS) is 21.2. The van der Waals surface area contributed by atoms with Crippen LogP contribution < -0.4 is 0 Å². The van der Waals surface area contributed by atoms with E-state index in [0.717, 1.165) is 12.5 Å². The highest BCUT2D eigenvalue weighted by molar-refractivity contribution is 4.69. The molecule has 1 saturated heterocycles. The van der Waals surface area contributed by atoms with E-state index in [0.29, 0.717) is 6.10 Å². The fraction of sp³-hybridized carbons (Fsp3) is 1.00. The Morgan fingerprint density at radius 1 is 1.31 bits per heavy atom. The number of likely N-dealkylation sites (tertiary alicyclic amines) is 1. The predicted octanol–water partition coefficient (Wildman–Crippen LogP) is 2.14. The summed E-state index contributed by atoms with van der Waals surface area (Å²) < 4.78 is 5.82. The molecule has 2 nitrogen and oxygen atoms in total. The summed E-state index contributed by atoms with van der Waals surface area (Å²) in [6.07, 6.45) is 4.17. The second kappa shape index (κ2) is 5.61. The Bertz CT molecular complexity index is 128. The Morgan fingerprint density at radius 3 is 2.46 bits per heavy atom. The van der Waals surface area contributed by atoms with E-state index in [1.54, 1.807) is 0 Å². The van der Waals surface area contributed by atoms with E-state index in [9.17, 15) is 0 Å². The molecule has 0 aliphatic carbocycles. The van der Waals surface area contributed by atoms with E-state index in [-0.39, 0.29) is 0 Å². The molecule has 1 fully saturated rings. The van der Waals surface area contributed by atoms with Gasteiger partial charge in [0.2, 0.25) is 0 Å². The smallest absolute Gasteiger partial charge is 0.0599 e. The van der Waals surface area contributed by atoms with Gasteiger partial charge in [-0.15, -0.1) is 0 Å². The van der Waals surface area contributed by atoms with E-state index < -0.39 is 0 Å². The van der Waals surface area contributed by atoms with Crippen LogP contribution in [0.4, 0.5) is 0 Å². The number of rotatable bonds is 4. The molecule has 0 bridgehead atoms. The molecule has 0 radical (unpaired) electrons. The molecule has 1 rings (SSSR count). The summed E-state index contributed by atoms with van der Waals surface area (Å²) in [5, 5.41) is 0. The predicted molar refractivity (Wildman–Crippen MR) is 55.9 cm³/mol. The van der Waals surface area contributed by atoms with Crippen LogP contribution >= 0.6 is 0 Å².